The van der Waals surface area contributed by atoms with E-state index in [-0.39, 0.29) is 24.0 Å². The molecule has 0 amide bonds. The van der Waals surface area contributed by atoms with Crippen molar-refractivity contribution in [3.05, 3.63) is 35.9 Å². The van der Waals surface area contributed by atoms with Gasteiger partial charge in [-0.1, -0.05) is 36.8 Å². The van der Waals surface area contributed by atoms with E-state index in [0.29, 0.717) is 12.1 Å². The maximum Gasteiger partial charge on any atom is 0.188 e. The van der Waals surface area contributed by atoms with Gasteiger partial charge in [0.2, 0.25) is 0 Å². The third-order valence-corrected chi connectivity index (χ3v) is 5.51. The first-order valence-corrected chi connectivity index (χ1v) is 10.2. The van der Waals surface area contributed by atoms with Gasteiger partial charge < -0.3 is 15.8 Å². The molecule has 0 unspecified atom stereocenters. The molecule has 0 atom stereocenters. The summed E-state index contributed by atoms with van der Waals surface area (Å²) >= 11 is 0. The van der Waals surface area contributed by atoms with Crippen molar-refractivity contribution >= 4 is 29.9 Å². The largest absolute Gasteiger partial charge is 0.378 e. The summed E-state index contributed by atoms with van der Waals surface area (Å²) in [5.74, 6) is 1.36. The molecular formula is C21H35IN4O. The summed E-state index contributed by atoms with van der Waals surface area (Å²) in [7, 11) is 0. The Kier molecular flexibility index (Phi) is 10.4. The second-order valence-electron chi connectivity index (χ2n) is 7.64. The summed E-state index contributed by atoms with van der Waals surface area (Å²) in [6.07, 6.45) is 7.63. The molecule has 1 aromatic carbocycles. The summed E-state index contributed by atoms with van der Waals surface area (Å²) in [4.78, 5) is 6.94. The van der Waals surface area contributed by atoms with Gasteiger partial charge in [-0.3, -0.25) is 9.89 Å². The van der Waals surface area contributed by atoms with E-state index < -0.39 is 0 Å². The molecule has 6 heteroatoms. The van der Waals surface area contributed by atoms with Crippen LogP contribution in [0.15, 0.2) is 35.3 Å². The first kappa shape index (κ1) is 22.4. The lowest BCUT2D eigenvalue weighted by atomic mass is 9.86. The van der Waals surface area contributed by atoms with E-state index in [0.717, 1.165) is 64.5 Å². The van der Waals surface area contributed by atoms with Crippen molar-refractivity contribution in [2.75, 3.05) is 32.8 Å². The average Bonchev–Trinajstić information content (AvgIpc) is 2.62. The first-order valence-electron chi connectivity index (χ1n) is 10.2. The van der Waals surface area contributed by atoms with Crippen molar-refractivity contribution in [2.45, 2.75) is 51.2 Å². The number of nitrogens with one attached hydrogen (secondary N) is 1. The van der Waals surface area contributed by atoms with Crippen LogP contribution in [-0.2, 0) is 11.3 Å². The van der Waals surface area contributed by atoms with Crippen LogP contribution in [0.3, 0.4) is 0 Å². The molecule has 1 aliphatic carbocycles. The van der Waals surface area contributed by atoms with Crippen LogP contribution < -0.4 is 11.1 Å². The maximum absolute atomic E-state index is 6.04. The van der Waals surface area contributed by atoms with Crippen LogP contribution in [0.25, 0.3) is 0 Å². The van der Waals surface area contributed by atoms with E-state index in [2.05, 4.69) is 45.5 Å². The molecule has 0 spiro atoms. The quantitative estimate of drug-likeness (QED) is 0.243. The molecule has 0 aromatic heterocycles. The van der Waals surface area contributed by atoms with Crippen LogP contribution in [0, 0.1) is 5.92 Å². The summed E-state index contributed by atoms with van der Waals surface area (Å²) in [5.41, 5.74) is 7.29. The highest BCUT2D eigenvalue weighted by molar-refractivity contribution is 14.0. The Morgan fingerprint density at radius 1 is 1.15 bits per heavy atom. The van der Waals surface area contributed by atoms with Crippen LogP contribution >= 0.6 is 24.0 Å². The number of hydrogen-bond acceptors (Lipinski definition) is 3. The minimum atomic E-state index is 0. The smallest absolute Gasteiger partial charge is 0.188 e. The third kappa shape index (κ3) is 8.35. The van der Waals surface area contributed by atoms with Crippen molar-refractivity contribution in [3.63, 3.8) is 0 Å². The zero-order valence-corrected chi connectivity index (χ0v) is 18.6. The average molecular weight is 486 g/mol. The molecule has 27 heavy (non-hydrogen) atoms. The fraction of sp³-hybridized carbons (Fsp3) is 0.667. The summed E-state index contributed by atoms with van der Waals surface area (Å²) in [5, 5.41) is 3.20. The molecule has 3 rings (SSSR count). The molecule has 3 N–H and O–H groups in total. The topological polar surface area (TPSA) is 62.9 Å². The molecule has 1 aromatic rings. The highest BCUT2D eigenvalue weighted by Gasteiger charge is 2.19. The Bertz CT molecular complexity index is 542. The van der Waals surface area contributed by atoms with Crippen LogP contribution in [-0.4, -0.2) is 49.7 Å². The van der Waals surface area contributed by atoms with Gasteiger partial charge in [0.05, 0.1) is 6.10 Å². The molecule has 1 heterocycles. The molecule has 1 aliphatic heterocycles. The highest BCUT2D eigenvalue weighted by atomic mass is 127. The zero-order valence-electron chi connectivity index (χ0n) is 16.3. The normalized spacial score (nSPS) is 19.3. The predicted molar refractivity (Wildman–Crippen MR) is 123 cm³/mol. The van der Waals surface area contributed by atoms with Crippen LogP contribution in [0.5, 0.6) is 0 Å². The SMILES string of the molecule is I.NC(=NCC1CCC1)NCCCOC1CCN(Cc2ccccc2)CC1. The van der Waals surface area contributed by atoms with Crippen LogP contribution in [0.4, 0.5) is 0 Å². The fourth-order valence-electron chi connectivity index (χ4n) is 3.57. The molecule has 2 fully saturated rings. The molecule has 1 saturated heterocycles. The summed E-state index contributed by atoms with van der Waals surface area (Å²) in [6.45, 7) is 5.82. The Hall–Kier alpha value is -0.860. The van der Waals surface area contributed by atoms with E-state index >= 15 is 0 Å². The second kappa shape index (κ2) is 12.6. The van der Waals surface area contributed by atoms with Gasteiger partial charge in [-0.15, -0.1) is 24.0 Å². The number of ether oxygens (including phenoxy) is 1. The van der Waals surface area contributed by atoms with Gasteiger partial charge in [0.1, 0.15) is 0 Å². The van der Waals surface area contributed by atoms with Gasteiger partial charge in [0, 0.05) is 39.3 Å². The predicted octanol–water partition coefficient (Wildman–Crippen LogP) is 3.38. The van der Waals surface area contributed by atoms with Gasteiger partial charge in [-0.2, -0.15) is 0 Å². The van der Waals surface area contributed by atoms with E-state index in [9.17, 15) is 0 Å². The monoisotopic (exact) mass is 486 g/mol. The molecule has 1 saturated carbocycles. The van der Waals surface area contributed by atoms with E-state index in [4.69, 9.17) is 10.5 Å². The number of likely N-dealkylation sites (tertiary alicyclic amines) is 1. The summed E-state index contributed by atoms with van der Waals surface area (Å²) < 4.78 is 6.04. The molecule has 0 radical (unpaired) electrons. The molecular weight excluding hydrogens is 451 g/mol. The van der Waals surface area contributed by atoms with Crippen LogP contribution in [0.1, 0.15) is 44.1 Å². The van der Waals surface area contributed by atoms with Crippen molar-refractivity contribution in [2.24, 2.45) is 16.6 Å². The number of rotatable bonds is 9. The molecule has 2 aliphatic rings. The number of hydrogen-bond donors (Lipinski definition) is 2. The van der Waals surface area contributed by atoms with Crippen LogP contribution in [0.2, 0.25) is 0 Å². The number of nitrogens with zero attached hydrogens (tertiary/aromatic N) is 2. The lowest BCUT2D eigenvalue weighted by molar-refractivity contribution is 0.00535. The lowest BCUT2D eigenvalue weighted by Gasteiger charge is -2.32. The molecule has 0 bridgehead atoms. The minimum Gasteiger partial charge on any atom is -0.378 e. The number of aliphatic imine (C=N–C) groups is 1. The van der Waals surface area contributed by atoms with Gasteiger partial charge >= 0.3 is 0 Å². The fourth-order valence-corrected chi connectivity index (χ4v) is 3.57. The number of nitrogens with two attached hydrogens (primary N) is 1. The van der Waals surface area contributed by atoms with Gasteiger partial charge in [-0.25, -0.2) is 0 Å². The second-order valence-corrected chi connectivity index (χ2v) is 7.64. The number of guanidine groups is 1. The molecule has 5 nitrogen and oxygen atoms in total. The van der Waals surface area contributed by atoms with Gasteiger partial charge in [0.15, 0.2) is 5.96 Å². The highest BCUT2D eigenvalue weighted by Crippen LogP contribution is 2.26. The van der Waals surface area contributed by atoms with Crippen molar-refractivity contribution in [3.8, 4) is 0 Å². The number of piperidine rings is 1. The standard InChI is InChI=1S/C21H34N4O.HI/c22-21(24-16-18-8-4-9-18)23-12-5-15-26-20-10-13-25(14-11-20)17-19-6-2-1-3-7-19;/h1-3,6-7,18,20H,4-5,8-17H2,(H3,22,23,24);1H. The number of halogens is 1. The first-order chi connectivity index (χ1) is 12.8. The molecule has 152 valence electrons. The van der Waals surface area contributed by atoms with Gasteiger partial charge in [0.25, 0.3) is 0 Å². The van der Waals surface area contributed by atoms with E-state index in [1.54, 1.807) is 0 Å². The number of benzene rings is 1. The Balaban J connectivity index is 0.00000261. The zero-order chi connectivity index (χ0) is 18.0. The van der Waals surface area contributed by atoms with Gasteiger partial charge in [-0.05, 0) is 43.6 Å². The Morgan fingerprint density at radius 2 is 1.89 bits per heavy atom. The third-order valence-electron chi connectivity index (χ3n) is 5.51. The van der Waals surface area contributed by atoms with E-state index in [1.807, 2.05) is 0 Å². The van der Waals surface area contributed by atoms with Crippen molar-refractivity contribution in [1.82, 2.24) is 10.2 Å². The van der Waals surface area contributed by atoms with E-state index in [1.165, 1.54) is 24.8 Å². The summed E-state index contributed by atoms with van der Waals surface area (Å²) in [6, 6.07) is 10.7. The Labute approximate surface area is 181 Å². The minimum absolute atomic E-state index is 0. The maximum atomic E-state index is 6.04. The van der Waals surface area contributed by atoms with Crippen molar-refractivity contribution in [1.29, 1.82) is 0 Å². The lowest BCUT2D eigenvalue weighted by Crippen LogP contribution is -2.37. The van der Waals surface area contributed by atoms with Crippen molar-refractivity contribution < 1.29 is 4.74 Å². The Morgan fingerprint density at radius 3 is 2.56 bits per heavy atom.